The number of carbonyl (C=O) groups is 1. The summed E-state index contributed by atoms with van der Waals surface area (Å²) in [4.78, 5) is 12.0. The van der Waals surface area contributed by atoms with Crippen molar-refractivity contribution in [1.82, 2.24) is 5.32 Å². The summed E-state index contributed by atoms with van der Waals surface area (Å²) in [6.07, 6.45) is 3.29. The highest BCUT2D eigenvalue weighted by Crippen LogP contribution is 2.19. The maximum absolute atomic E-state index is 12.0. The number of halogens is 1. The lowest BCUT2D eigenvalue weighted by atomic mass is 10.1. The smallest absolute Gasteiger partial charge is 0.253 e. The third-order valence-electron chi connectivity index (χ3n) is 2.88. The number of nitrogens with two attached hydrogens (primary N) is 1. The van der Waals surface area contributed by atoms with Gasteiger partial charge in [-0.05, 0) is 30.5 Å². The van der Waals surface area contributed by atoms with E-state index in [2.05, 4.69) is 24.6 Å². The zero-order chi connectivity index (χ0) is 14.3. The van der Waals surface area contributed by atoms with E-state index in [1.807, 2.05) is 0 Å². The van der Waals surface area contributed by atoms with Crippen molar-refractivity contribution in [2.75, 3.05) is 12.0 Å². The zero-order valence-electron chi connectivity index (χ0n) is 11.5. The molecule has 4 nitrogen and oxygen atoms in total. The van der Waals surface area contributed by atoms with Crippen LogP contribution in [-0.4, -0.2) is 12.5 Å². The van der Waals surface area contributed by atoms with E-state index in [0.29, 0.717) is 28.7 Å². The molecule has 19 heavy (non-hydrogen) atoms. The Hall–Kier alpha value is -1.26. The second-order valence-electron chi connectivity index (χ2n) is 4.98. The van der Waals surface area contributed by atoms with Crippen LogP contribution in [0, 0.1) is 5.92 Å². The lowest BCUT2D eigenvalue weighted by Crippen LogP contribution is -2.26. The number of hydrogen-bond donors (Lipinski definition) is 3. The van der Waals surface area contributed by atoms with Gasteiger partial charge in [-0.15, -0.1) is 0 Å². The van der Waals surface area contributed by atoms with E-state index in [9.17, 15) is 4.79 Å². The largest absolute Gasteiger partial charge is 0.352 e. The molecule has 0 unspecified atom stereocenters. The fourth-order valence-corrected chi connectivity index (χ4v) is 1.98. The van der Waals surface area contributed by atoms with Crippen LogP contribution in [0.25, 0.3) is 0 Å². The molecule has 0 aliphatic rings. The van der Waals surface area contributed by atoms with Crippen LogP contribution in [0.4, 0.5) is 5.69 Å². The molecule has 0 aliphatic carbocycles. The monoisotopic (exact) mass is 283 g/mol. The van der Waals surface area contributed by atoms with Gasteiger partial charge in [0.1, 0.15) is 0 Å². The van der Waals surface area contributed by atoms with Gasteiger partial charge in [0.2, 0.25) is 0 Å². The third kappa shape index (κ3) is 5.49. The molecule has 0 fully saturated rings. The van der Waals surface area contributed by atoms with Gasteiger partial charge < -0.3 is 10.7 Å². The molecule has 1 rings (SSSR count). The number of hydrogen-bond acceptors (Lipinski definition) is 3. The number of hydrazine groups is 1. The molecule has 106 valence electrons. The average Bonchev–Trinajstić information content (AvgIpc) is 2.37. The molecule has 0 atom stereocenters. The summed E-state index contributed by atoms with van der Waals surface area (Å²) in [6.45, 7) is 5.07. The van der Waals surface area contributed by atoms with E-state index in [0.717, 1.165) is 12.8 Å². The van der Waals surface area contributed by atoms with E-state index in [-0.39, 0.29) is 5.91 Å². The first-order valence-electron chi connectivity index (χ1n) is 6.59. The summed E-state index contributed by atoms with van der Waals surface area (Å²) in [7, 11) is 0. The SMILES string of the molecule is CC(C)CCCCNC(=O)c1cc(Cl)ccc1NN. The lowest BCUT2D eigenvalue weighted by Gasteiger charge is -2.10. The van der Waals surface area contributed by atoms with Crippen molar-refractivity contribution in [2.24, 2.45) is 11.8 Å². The molecule has 0 heterocycles. The first-order chi connectivity index (χ1) is 9.04. The second-order valence-corrected chi connectivity index (χ2v) is 5.42. The number of rotatable bonds is 7. The molecule has 0 aromatic heterocycles. The van der Waals surface area contributed by atoms with Crippen LogP contribution in [0.3, 0.4) is 0 Å². The number of amides is 1. The van der Waals surface area contributed by atoms with Gasteiger partial charge in [-0.3, -0.25) is 10.6 Å². The van der Waals surface area contributed by atoms with Crippen molar-refractivity contribution in [2.45, 2.75) is 33.1 Å². The van der Waals surface area contributed by atoms with Gasteiger partial charge in [-0.2, -0.15) is 0 Å². The van der Waals surface area contributed by atoms with Crippen molar-refractivity contribution >= 4 is 23.2 Å². The number of carbonyl (C=O) groups excluding carboxylic acids is 1. The van der Waals surface area contributed by atoms with Crippen LogP contribution in [0.2, 0.25) is 5.02 Å². The Kier molecular flexibility index (Phi) is 6.67. The van der Waals surface area contributed by atoms with Gasteiger partial charge in [-0.25, -0.2) is 0 Å². The Bertz CT molecular complexity index is 421. The molecular weight excluding hydrogens is 262 g/mol. The highest BCUT2D eigenvalue weighted by Gasteiger charge is 2.10. The molecule has 1 aromatic rings. The Morgan fingerprint density at radius 3 is 2.74 bits per heavy atom. The van der Waals surface area contributed by atoms with Crippen molar-refractivity contribution in [3.63, 3.8) is 0 Å². The standard InChI is InChI=1S/C14H22ClN3O/c1-10(2)5-3-4-8-17-14(19)12-9-11(15)6-7-13(12)18-16/h6-7,9-10,18H,3-5,8,16H2,1-2H3,(H,17,19). The fourth-order valence-electron chi connectivity index (χ4n) is 1.80. The van der Waals surface area contributed by atoms with Crippen molar-refractivity contribution in [1.29, 1.82) is 0 Å². The Labute approximate surface area is 119 Å². The van der Waals surface area contributed by atoms with Crippen LogP contribution in [-0.2, 0) is 0 Å². The summed E-state index contributed by atoms with van der Waals surface area (Å²) in [6, 6.07) is 4.99. The number of benzene rings is 1. The molecule has 4 N–H and O–H groups in total. The van der Waals surface area contributed by atoms with Gasteiger partial charge in [-0.1, -0.05) is 38.3 Å². The molecule has 0 radical (unpaired) electrons. The van der Waals surface area contributed by atoms with Crippen LogP contribution >= 0.6 is 11.6 Å². The summed E-state index contributed by atoms with van der Waals surface area (Å²) < 4.78 is 0. The van der Waals surface area contributed by atoms with Crippen LogP contribution in [0.5, 0.6) is 0 Å². The third-order valence-corrected chi connectivity index (χ3v) is 3.11. The normalized spacial score (nSPS) is 10.6. The molecule has 1 amide bonds. The Balaban J connectivity index is 2.47. The number of unbranched alkanes of at least 4 members (excludes halogenated alkanes) is 1. The molecule has 0 saturated heterocycles. The van der Waals surface area contributed by atoms with E-state index in [1.165, 1.54) is 6.42 Å². The molecular formula is C14H22ClN3O. The number of anilines is 1. The minimum atomic E-state index is -0.153. The van der Waals surface area contributed by atoms with E-state index >= 15 is 0 Å². The van der Waals surface area contributed by atoms with Gasteiger partial charge in [0.25, 0.3) is 5.91 Å². The fraction of sp³-hybridized carbons (Fsp3) is 0.500. The highest BCUT2D eigenvalue weighted by atomic mass is 35.5. The van der Waals surface area contributed by atoms with Crippen molar-refractivity contribution in [3.05, 3.63) is 28.8 Å². The van der Waals surface area contributed by atoms with Crippen molar-refractivity contribution in [3.8, 4) is 0 Å². The van der Waals surface area contributed by atoms with Crippen LogP contribution in [0.1, 0.15) is 43.5 Å². The van der Waals surface area contributed by atoms with E-state index < -0.39 is 0 Å². The van der Waals surface area contributed by atoms with Crippen molar-refractivity contribution < 1.29 is 4.79 Å². The summed E-state index contributed by atoms with van der Waals surface area (Å²) >= 11 is 5.89. The predicted octanol–water partition coefficient (Wildman–Crippen LogP) is 3.18. The number of nitrogens with one attached hydrogen (secondary N) is 2. The molecule has 0 aliphatic heterocycles. The minimum Gasteiger partial charge on any atom is -0.352 e. The first kappa shape index (κ1) is 15.8. The molecule has 0 bridgehead atoms. The maximum Gasteiger partial charge on any atom is 0.253 e. The topological polar surface area (TPSA) is 67.2 Å². The average molecular weight is 284 g/mol. The maximum atomic E-state index is 12.0. The summed E-state index contributed by atoms with van der Waals surface area (Å²) in [5.41, 5.74) is 3.55. The lowest BCUT2D eigenvalue weighted by molar-refractivity contribution is 0.0953. The Morgan fingerprint density at radius 2 is 2.11 bits per heavy atom. The summed E-state index contributed by atoms with van der Waals surface area (Å²) in [5, 5.41) is 3.40. The van der Waals surface area contributed by atoms with Crippen LogP contribution in [0.15, 0.2) is 18.2 Å². The molecule has 0 spiro atoms. The number of nitrogen functional groups attached to an aromatic ring is 1. The van der Waals surface area contributed by atoms with Gasteiger partial charge in [0, 0.05) is 11.6 Å². The van der Waals surface area contributed by atoms with Crippen LogP contribution < -0.4 is 16.6 Å². The van der Waals surface area contributed by atoms with Gasteiger partial charge in [0.05, 0.1) is 11.3 Å². The van der Waals surface area contributed by atoms with Gasteiger partial charge >= 0.3 is 0 Å². The predicted molar refractivity (Wildman–Crippen MR) is 80.3 cm³/mol. The molecule has 5 heteroatoms. The highest BCUT2D eigenvalue weighted by molar-refractivity contribution is 6.31. The second kappa shape index (κ2) is 8.02. The summed E-state index contributed by atoms with van der Waals surface area (Å²) in [5.74, 6) is 5.93. The van der Waals surface area contributed by atoms with E-state index in [1.54, 1.807) is 18.2 Å². The van der Waals surface area contributed by atoms with Gasteiger partial charge in [0.15, 0.2) is 0 Å². The molecule has 0 saturated carbocycles. The quantitative estimate of drug-likeness (QED) is 0.409. The minimum absolute atomic E-state index is 0.153. The Morgan fingerprint density at radius 1 is 1.37 bits per heavy atom. The van der Waals surface area contributed by atoms with E-state index in [4.69, 9.17) is 17.4 Å². The first-order valence-corrected chi connectivity index (χ1v) is 6.96. The molecule has 1 aromatic carbocycles. The zero-order valence-corrected chi connectivity index (χ0v) is 12.3.